The van der Waals surface area contributed by atoms with E-state index in [9.17, 15) is 9.59 Å². The van der Waals surface area contributed by atoms with Crippen molar-refractivity contribution < 1.29 is 14.3 Å². The number of carbonyl (C=O) groups excluding carboxylic acids is 2. The highest BCUT2D eigenvalue weighted by Crippen LogP contribution is 2.27. The van der Waals surface area contributed by atoms with E-state index in [1.54, 1.807) is 6.92 Å². The van der Waals surface area contributed by atoms with Crippen molar-refractivity contribution in [1.29, 1.82) is 0 Å². The lowest BCUT2D eigenvalue weighted by molar-refractivity contribution is 0.102. The van der Waals surface area contributed by atoms with Gasteiger partial charge < -0.3 is 10.1 Å². The van der Waals surface area contributed by atoms with E-state index in [0.29, 0.717) is 21.9 Å². The van der Waals surface area contributed by atoms with Crippen LogP contribution in [0.3, 0.4) is 0 Å². The Morgan fingerprint density at radius 2 is 1.75 bits per heavy atom. The summed E-state index contributed by atoms with van der Waals surface area (Å²) in [6.45, 7) is 8.11. The number of hydrogen-bond acceptors (Lipinski definition) is 5. The van der Waals surface area contributed by atoms with Crippen molar-refractivity contribution >= 4 is 34.2 Å². The molecule has 2 N–H and O–H groups in total. The van der Waals surface area contributed by atoms with Crippen LogP contribution in [0.5, 0.6) is 0 Å². The topological polar surface area (TPSA) is 80.3 Å². The van der Waals surface area contributed by atoms with Crippen molar-refractivity contribution in [2.45, 2.75) is 33.1 Å². The van der Waals surface area contributed by atoms with Crippen LogP contribution >= 0.6 is 11.5 Å². The van der Waals surface area contributed by atoms with Gasteiger partial charge in [0.15, 0.2) is 0 Å². The molecule has 0 saturated heterocycles. The molecule has 2 amide bonds. The zero-order valence-electron chi connectivity index (χ0n) is 14.4. The Labute approximate surface area is 145 Å². The van der Waals surface area contributed by atoms with Crippen molar-refractivity contribution in [2.75, 3.05) is 17.7 Å². The van der Waals surface area contributed by atoms with Gasteiger partial charge in [-0.1, -0.05) is 32.9 Å². The number of benzene rings is 1. The molecule has 128 valence electrons. The molecule has 0 saturated carbocycles. The van der Waals surface area contributed by atoms with Crippen LogP contribution in [-0.2, 0) is 10.2 Å². The number of hydrogen-bond donors (Lipinski definition) is 2. The zero-order chi connectivity index (χ0) is 17.9. The van der Waals surface area contributed by atoms with Crippen LogP contribution in [-0.4, -0.2) is 23.5 Å². The van der Waals surface area contributed by atoms with Gasteiger partial charge in [-0.3, -0.25) is 10.1 Å². The fourth-order valence-corrected chi connectivity index (χ4v) is 2.89. The molecule has 0 bridgehead atoms. The molecule has 0 unspecified atom stereocenters. The number of aryl methyl sites for hydroxylation is 1. The molecule has 0 aliphatic heterocycles. The highest BCUT2D eigenvalue weighted by molar-refractivity contribution is 7.11. The first-order chi connectivity index (χ1) is 11.2. The normalized spacial score (nSPS) is 11.0. The summed E-state index contributed by atoms with van der Waals surface area (Å²) in [5.41, 5.74) is 2.80. The summed E-state index contributed by atoms with van der Waals surface area (Å²) in [6, 6.07) is 7.70. The summed E-state index contributed by atoms with van der Waals surface area (Å²) in [4.78, 5) is 23.9. The zero-order valence-corrected chi connectivity index (χ0v) is 15.2. The molecule has 0 spiro atoms. The molecular weight excluding hydrogens is 326 g/mol. The molecule has 7 heteroatoms. The first kappa shape index (κ1) is 17.9. The molecule has 0 fully saturated rings. The van der Waals surface area contributed by atoms with Gasteiger partial charge in [-0.2, -0.15) is 4.37 Å². The van der Waals surface area contributed by atoms with E-state index in [1.807, 2.05) is 24.3 Å². The van der Waals surface area contributed by atoms with Gasteiger partial charge in [0.1, 0.15) is 5.00 Å². The second-order valence-corrected chi connectivity index (χ2v) is 7.14. The Morgan fingerprint density at radius 1 is 1.12 bits per heavy atom. The summed E-state index contributed by atoms with van der Waals surface area (Å²) < 4.78 is 8.68. The molecule has 24 heavy (non-hydrogen) atoms. The average Bonchev–Trinajstić information content (AvgIpc) is 2.87. The predicted molar refractivity (Wildman–Crippen MR) is 96.0 cm³/mol. The van der Waals surface area contributed by atoms with Gasteiger partial charge in [0.2, 0.25) is 0 Å². The number of ether oxygens (including phenoxy) is 1. The van der Waals surface area contributed by atoms with E-state index in [1.165, 1.54) is 12.7 Å². The van der Waals surface area contributed by atoms with Crippen molar-refractivity contribution in [3.8, 4) is 0 Å². The third-order valence-corrected chi connectivity index (χ3v) is 4.35. The number of nitrogens with zero attached hydrogens (tertiary/aromatic N) is 1. The Hall–Kier alpha value is -2.41. The summed E-state index contributed by atoms with van der Waals surface area (Å²) in [6.07, 6.45) is -0.637. The summed E-state index contributed by atoms with van der Waals surface area (Å²) >= 11 is 1.04. The maximum atomic E-state index is 12.5. The van der Waals surface area contributed by atoms with Gasteiger partial charge >= 0.3 is 6.09 Å². The number of amides is 2. The van der Waals surface area contributed by atoms with E-state index >= 15 is 0 Å². The van der Waals surface area contributed by atoms with Crippen LogP contribution in [0.4, 0.5) is 15.5 Å². The molecule has 0 aliphatic carbocycles. The lowest BCUT2D eigenvalue weighted by atomic mass is 9.87. The fraction of sp³-hybridized carbons (Fsp3) is 0.353. The van der Waals surface area contributed by atoms with Crippen LogP contribution in [0, 0.1) is 6.92 Å². The van der Waals surface area contributed by atoms with Gasteiger partial charge in [-0.15, -0.1) is 0 Å². The standard InChI is InChI=1S/C17H21N3O3S/c1-10-13(15(24-20-10)19-16(22)23-5)14(21)18-12-8-6-11(7-9-12)17(2,3)4/h6-9H,1-5H3,(H,18,21)(H,19,22). The summed E-state index contributed by atoms with van der Waals surface area (Å²) in [7, 11) is 1.26. The minimum absolute atomic E-state index is 0.0496. The van der Waals surface area contributed by atoms with Gasteiger partial charge in [0.25, 0.3) is 5.91 Å². The highest BCUT2D eigenvalue weighted by atomic mass is 32.1. The fourth-order valence-electron chi connectivity index (χ4n) is 2.11. The van der Waals surface area contributed by atoms with Crippen LogP contribution in [0.15, 0.2) is 24.3 Å². The third kappa shape index (κ3) is 4.11. The molecule has 0 atom stereocenters. The Morgan fingerprint density at radius 3 is 2.29 bits per heavy atom. The minimum atomic E-state index is -0.637. The molecule has 1 aromatic carbocycles. The quantitative estimate of drug-likeness (QED) is 0.873. The number of carbonyl (C=O) groups is 2. The molecule has 0 aliphatic rings. The smallest absolute Gasteiger partial charge is 0.412 e. The summed E-state index contributed by atoms with van der Waals surface area (Å²) in [5.74, 6) is -0.323. The second-order valence-electron chi connectivity index (χ2n) is 6.37. The van der Waals surface area contributed by atoms with Crippen molar-refractivity contribution in [3.63, 3.8) is 0 Å². The van der Waals surface area contributed by atoms with E-state index in [2.05, 4.69) is 40.5 Å². The van der Waals surface area contributed by atoms with Gasteiger partial charge in [-0.25, -0.2) is 4.79 Å². The predicted octanol–water partition coefficient (Wildman–Crippen LogP) is 4.18. The lowest BCUT2D eigenvalue weighted by Crippen LogP contribution is -2.17. The number of aromatic nitrogens is 1. The molecule has 2 rings (SSSR count). The van der Waals surface area contributed by atoms with Gasteiger partial charge in [0.05, 0.1) is 18.4 Å². The number of nitrogens with one attached hydrogen (secondary N) is 2. The van der Waals surface area contributed by atoms with Crippen LogP contribution in [0.2, 0.25) is 0 Å². The van der Waals surface area contributed by atoms with Gasteiger partial charge in [0, 0.05) is 5.69 Å². The number of rotatable bonds is 3. The summed E-state index contributed by atoms with van der Waals surface area (Å²) in [5, 5.41) is 5.71. The molecule has 2 aromatic rings. The Bertz CT molecular complexity index is 745. The van der Waals surface area contributed by atoms with E-state index in [0.717, 1.165) is 11.5 Å². The van der Waals surface area contributed by atoms with Crippen LogP contribution in [0.1, 0.15) is 42.4 Å². The van der Waals surface area contributed by atoms with E-state index in [4.69, 9.17) is 0 Å². The Kier molecular flexibility index (Phi) is 5.23. The Balaban J connectivity index is 2.18. The largest absolute Gasteiger partial charge is 0.453 e. The maximum absolute atomic E-state index is 12.5. The van der Waals surface area contributed by atoms with Crippen molar-refractivity contribution in [1.82, 2.24) is 4.37 Å². The van der Waals surface area contributed by atoms with E-state index in [-0.39, 0.29) is 11.3 Å². The maximum Gasteiger partial charge on any atom is 0.412 e. The van der Waals surface area contributed by atoms with Crippen LogP contribution in [0.25, 0.3) is 0 Å². The molecule has 6 nitrogen and oxygen atoms in total. The first-order valence-electron chi connectivity index (χ1n) is 7.45. The third-order valence-electron chi connectivity index (χ3n) is 3.50. The monoisotopic (exact) mass is 347 g/mol. The number of methoxy groups -OCH3 is 1. The molecular formula is C17H21N3O3S. The second kappa shape index (κ2) is 7.00. The van der Waals surface area contributed by atoms with Crippen molar-refractivity contribution in [3.05, 3.63) is 41.1 Å². The minimum Gasteiger partial charge on any atom is -0.453 e. The first-order valence-corrected chi connectivity index (χ1v) is 8.23. The van der Waals surface area contributed by atoms with Gasteiger partial charge in [-0.05, 0) is 41.6 Å². The molecule has 1 aromatic heterocycles. The molecule has 1 heterocycles. The SMILES string of the molecule is COC(=O)Nc1snc(C)c1C(=O)Nc1ccc(C(C)(C)C)cc1. The molecule has 0 radical (unpaired) electrons. The van der Waals surface area contributed by atoms with Crippen molar-refractivity contribution in [2.24, 2.45) is 0 Å². The average molecular weight is 347 g/mol. The van der Waals surface area contributed by atoms with Crippen LogP contribution < -0.4 is 10.6 Å². The highest BCUT2D eigenvalue weighted by Gasteiger charge is 2.21. The lowest BCUT2D eigenvalue weighted by Gasteiger charge is -2.19. The number of anilines is 2. The van der Waals surface area contributed by atoms with E-state index < -0.39 is 6.09 Å².